The van der Waals surface area contributed by atoms with Crippen LogP contribution in [0.1, 0.15) is 5.56 Å². The van der Waals surface area contributed by atoms with Gasteiger partial charge in [-0.25, -0.2) is 9.97 Å². The first-order valence-corrected chi connectivity index (χ1v) is 24.1. The van der Waals surface area contributed by atoms with Crippen molar-refractivity contribution in [2.24, 2.45) is 0 Å². The van der Waals surface area contributed by atoms with Crippen molar-refractivity contribution in [3.63, 3.8) is 0 Å². The van der Waals surface area contributed by atoms with Crippen LogP contribution < -0.4 is 0 Å². The maximum absolute atomic E-state index is 10.8. The van der Waals surface area contributed by atoms with E-state index in [0.717, 1.165) is 105 Å². The van der Waals surface area contributed by atoms with Crippen molar-refractivity contribution in [1.82, 2.24) is 23.7 Å². The summed E-state index contributed by atoms with van der Waals surface area (Å²) in [5.41, 5.74) is 15.1. The zero-order chi connectivity index (χ0) is 47.4. The smallest absolute Gasteiger partial charge is 0.161 e. The van der Waals surface area contributed by atoms with Gasteiger partial charge in [-0.3, -0.25) is 0 Å². The molecule has 0 unspecified atom stereocenters. The molecule has 0 bridgehead atoms. The van der Waals surface area contributed by atoms with Gasteiger partial charge in [0.1, 0.15) is 17.2 Å². The quantitative estimate of drug-likeness (QED) is 0.166. The highest BCUT2D eigenvalue weighted by molar-refractivity contribution is 6.28. The second-order valence-corrected chi connectivity index (χ2v) is 18.3. The van der Waals surface area contributed by atoms with Crippen molar-refractivity contribution in [3.05, 3.63) is 236 Å². The molecular weight excluding hydrogens is 881 g/mol. The summed E-state index contributed by atoms with van der Waals surface area (Å²) < 4.78 is 14.5. The van der Waals surface area contributed by atoms with E-state index in [1.54, 1.807) is 0 Å². The number of nitriles is 1. The Bertz CT molecular complexity index is 4630. The molecule has 0 aliphatic carbocycles. The predicted molar refractivity (Wildman–Crippen MR) is 293 cm³/mol. The van der Waals surface area contributed by atoms with Crippen LogP contribution in [-0.4, -0.2) is 23.7 Å². The van der Waals surface area contributed by atoms with Crippen molar-refractivity contribution in [1.29, 1.82) is 5.26 Å². The molecule has 0 spiro atoms. The highest BCUT2D eigenvalue weighted by Gasteiger charge is 2.29. The molecule has 334 valence electrons. The Morgan fingerprint density at radius 1 is 0.389 bits per heavy atom. The molecule has 0 saturated heterocycles. The number of nitrogens with zero attached hydrogens (tertiary/aromatic N) is 6. The van der Waals surface area contributed by atoms with E-state index in [0.29, 0.717) is 28.4 Å². The third-order valence-corrected chi connectivity index (χ3v) is 14.5. The molecule has 15 rings (SSSR count). The molecule has 0 aliphatic rings. The summed E-state index contributed by atoms with van der Waals surface area (Å²) in [4.78, 5) is 10.6. The second-order valence-electron chi connectivity index (χ2n) is 18.3. The maximum atomic E-state index is 10.8. The number of rotatable bonds is 6. The highest BCUT2D eigenvalue weighted by Crippen LogP contribution is 2.49. The first kappa shape index (κ1) is 39.9. The van der Waals surface area contributed by atoms with Crippen LogP contribution in [0.4, 0.5) is 0 Å². The summed E-state index contributed by atoms with van der Waals surface area (Å²) in [7, 11) is 0. The van der Waals surface area contributed by atoms with E-state index in [-0.39, 0.29) is 0 Å². The Hall–Kier alpha value is -10.0. The first-order chi connectivity index (χ1) is 35.7. The highest BCUT2D eigenvalue weighted by atomic mass is 16.3. The molecule has 10 aromatic carbocycles. The van der Waals surface area contributed by atoms with Gasteiger partial charge in [0.05, 0.1) is 55.9 Å². The van der Waals surface area contributed by atoms with Gasteiger partial charge in [-0.1, -0.05) is 170 Å². The molecule has 5 aromatic heterocycles. The van der Waals surface area contributed by atoms with E-state index < -0.39 is 0 Å². The summed E-state index contributed by atoms with van der Waals surface area (Å²) in [6, 6.07) is 83.0. The summed E-state index contributed by atoms with van der Waals surface area (Å²) in [5, 5.41) is 19.6. The number of para-hydroxylation sites is 6. The lowest BCUT2D eigenvalue weighted by molar-refractivity contribution is 0.666. The third-order valence-electron chi connectivity index (χ3n) is 14.5. The summed E-state index contributed by atoms with van der Waals surface area (Å²) in [5.74, 6) is 0.499. The minimum atomic E-state index is 0.421. The molecule has 5 heterocycles. The summed E-state index contributed by atoms with van der Waals surface area (Å²) in [6.45, 7) is 0. The zero-order valence-corrected chi connectivity index (χ0v) is 38.5. The van der Waals surface area contributed by atoms with Crippen molar-refractivity contribution in [2.75, 3.05) is 0 Å². The molecule has 0 N–H and O–H groups in total. The van der Waals surface area contributed by atoms with E-state index in [2.05, 4.69) is 177 Å². The fraction of sp³-hybridized carbons (Fsp3) is 0. The van der Waals surface area contributed by atoms with Crippen molar-refractivity contribution in [2.45, 2.75) is 0 Å². The average Bonchev–Trinajstić information content (AvgIpc) is 4.20. The Kier molecular flexibility index (Phi) is 8.59. The fourth-order valence-electron chi connectivity index (χ4n) is 11.5. The average molecular weight is 919 g/mol. The van der Waals surface area contributed by atoms with E-state index in [9.17, 15) is 5.26 Å². The second kappa shape index (κ2) is 15.5. The zero-order valence-electron chi connectivity index (χ0n) is 38.5. The Morgan fingerprint density at radius 2 is 0.875 bits per heavy atom. The van der Waals surface area contributed by atoms with Crippen molar-refractivity contribution < 1.29 is 4.42 Å². The molecule has 0 saturated carbocycles. The molecule has 72 heavy (non-hydrogen) atoms. The van der Waals surface area contributed by atoms with E-state index >= 15 is 0 Å². The van der Waals surface area contributed by atoms with Crippen LogP contribution >= 0.6 is 0 Å². The summed E-state index contributed by atoms with van der Waals surface area (Å²) >= 11 is 0. The summed E-state index contributed by atoms with van der Waals surface area (Å²) in [6.07, 6.45) is 0. The number of furan rings is 1. The minimum Gasteiger partial charge on any atom is -0.454 e. The molecule has 0 radical (unpaired) electrons. The molecule has 15 aromatic rings. The number of aromatic nitrogens is 5. The van der Waals surface area contributed by atoms with Gasteiger partial charge < -0.3 is 18.1 Å². The van der Waals surface area contributed by atoms with Gasteiger partial charge in [0, 0.05) is 65.5 Å². The minimum absolute atomic E-state index is 0.421. The Labute approximate surface area is 411 Å². The number of benzene rings is 10. The molecule has 7 heteroatoms. The van der Waals surface area contributed by atoms with Crippen molar-refractivity contribution >= 4 is 87.4 Å². The van der Waals surface area contributed by atoms with Crippen LogP contribution in [0, 0.1) is 11.3 Å². The lowest BCUT2D eigenvalue weighted by Crippen LogP contribution is -2.03. The Morgan fingerprint density at radius 3 is 1.47 bits per heavy atom. The monoisotopic (exact) mass is 918 g/mol. The van der Waals surface area contributed by atoms with Crippen LogP contribution in [0.15, 0.2) is 235 Å². The molecule has 7 nitrogen and oxygen atoms in total. The lowest BCUT2D eigenvalue weighted by atomic mass is 9.99. The number of hydrogen-bond acceptors (Lipinski definition) is 4. The van der Waals surface area contributed by atoms with E-state index in [1.807, 2.05) is 72.8 Å². The Balaban J connectivity index is 1.11. The van der Waals surface area contributed by atoms with Gasteiger partial charge in [0.2, 0.25) is 0 Å². The van der Waals surface area contributed by atoms with Gasteiger partial charge in [0.15, 0.2) is 11.4 Å². The SMILES string of the molecule is N#Cc1c(-c2ccccc2)nc(-c2ccc(-n3c4ccccc4c4cc(-n5c6ccccc6c6ccccc65)c5c6ccccc6n(-c6ccccc6)c5c43)c3oc4ccccc4c23)nc1-c1ccccc1. The molecule has 0 aliphatic heterocycles. The number of hydrogen-bond donors (Lipinski definition) is 0. The van der Waals surface area contributed by atoms with Crippen LogP contribution in [0.5, 0.6) is 0 Å². The van der Waals surface area contributed by atoms with E-state index in [1.165, 1.54) is 10.8 Å². The predicted octanol–water partition coefficient (Wildman–Crippen LogP) is 16.5. The lowest BCUT2D eigenvalue weighted by Gasteiger charge is -2.16. The van der Waals surface area contributed by atoms with Crippen LogP contribution in [0.25, 0.3) is 138 Å². The number of fused-ring (bicyclic) bond motifs is 13. The van der Waals surface area contributed by atoms with Gasteiger partial charge >= 0.3 is 0 Å². The maximum Gasteiger partial charge on any atom is 0.161 e. The molecular formula is C65H38N6O. The van der Waals surface area contributed by atoms with Crippen LogP contribution in [0.2, 0.25) is 0 Å². The third kappa shape index (κ3) is 5.66. The van der Waals surface area contributed by atoms with Gasteiger partial charge in [-0.05, 0) is 60.7 Å². The fourth-order valence-corrected chi connectivity index (χ4v) is 11.5. The van der Waals surface area contributed by atoms with Gasteiger partial charge in [0.25, 0.3) is 0 Å². The van der Waals surface area contributed by atoms with Gasteiger partial charge in [-0.2, -0.15) is 5.26 Å². The molecule has 0 atom stereocenters. The molecule has 0 fully saturated rings. The standard InChI is InChI=1S/C65H38N6O/c66-39-50-60(40-20-4-1-5-21-40)67-65(68-61(50)41-22-6-2-7-23-41)48-36-37-55(64-58(48)47-30-14-19-35-57(47)72-64)71-53-33-17-12-28-45(53)49-38-56(70-51-31-15-10-26-43(51)44-27-11-16-32-52(44)70)59-46-29-13-18-34-54(46)69(63(59)62(49)71)42-24-8-3-9-25-42/h1-38H. The largest absolute Gasteiger partial charge is 0.454 e. The van der Waals surface area contributed by atoms with Crippen LogP contribution in [-0.2, 0) is 0 Å². The first-order valence-electron chi connectivity index (χ1n) is 24.1. The van der Waals surface area contributed by atoms with Crippen LogP contribution in [0.3, 0.4) is 0 Å². The van der Waals surface area contributed by atoms with Gasteiger partial charge in [-0.15, -0.1) is 0 Å². The molecule has 0 amide bonds. The van der Waals surface area contributed by atoms with Crippen molar-refractivity contribution in [3.8, 4) is 57.0 Å². The topological polar surface area (TPSA) is 77.5 Å². The van der Waals surface area contributed by atoms with E-state index in [4.69, 9.17) is 14.4 Å². The normalized spacial score (nSPS) is 11.9.